The zero-order valence-corrected chi connectivity index (χ0v) is 12.4. The number of rotatable bonds is 3. The van der Waals surface area contributed by atoms with Gasteiger partial charge in [0.1, 0.15) is 15.8 Å². The van der Waals surface area contributed by atoms with Crippen molar-refractivity contribution < 1.29 is 52.7 Å². The molecule has 0 aromatic carbocycles. The highest BCUT2D eigenvalue weighted by Gasteiger charge is 2.65. The minimum Gasteiger partial charge on any atom is -0.167 e. The van der Waals surface area contributed by atoms with Crippen LogP contribution in [0.1, 0.15) is 13.8 Å². The van der Waals surface area contributed by atoms with E-state index in [9.17, 15) is 52.7 Å². The first-order valence-electron chi connectivity index (χ1n) is 5.17. The monoisotopic (exact) mass is 394 g/mol. The van der Waals surface area contributed by atoms with Gasteiger partial charge in [0.05, 0.1) is 0 Å². The van der Waals surface area contributed by atoms with Gasteiger partial charge in [-0.1, -0.05) is 13.8 Å². The molecule has 0 aliphatic carbocycles. The Morgan fingerprint density at radius 3 is 0.682 bits per heavy atom. The van der Waals surface area contributed by atoms with Crippen molar-refractivity contribution in [2.75, 3.05) is 0 Å². The zero-order chi connectivity index (χ0) is 18.3. The van der Waals surface area contributed by atoms with Gasteiger partial charge >= 0.3 is 23.7 Å². The van der Waals surface area contributed by atoms with E-state index in [-0.39, 0.29) is 13.8 Å². The van der Waals surface area contributed by atoms with Gasteiger partial charge in [0.25, 0.3) is 0 Å². The second kappa shape index (κ2) is 6.49. The molecule has 0 amide bonds. The molecule has 0 radical (unpaired) electrons. The number of hydrogen-bond acceptors (Lipinski definition) is 0. The van der Waals surface area contributed by atoms with Gasteiger partial charge in [0.15, 0.2) is 0 Å². The number of hydrogen-bond donors (Lipinski definition) is 0. The van der Waals surface area contributed by atoms with Crippen LogP contribution < -0.4 is 0 Å². The highest BCUT2D eigenvalue weighted by molar-refractivity contribution is 7.64. The lowest BCUT2D eigenvalue weighted by molar-refractivity contribution is -0.0892. The van der Waals surface area contributed by atoms with Crippen LogP contribution in [0.15, 0.2) is 0 Å². The quantitative estimate of drug-likeness (QED) is 0.365. The molecule has 0 aliphatic heterocycles. The summed E-state index contributed by atoms with van der Waals surface area (Å²) in [5.41, 5.74) is -5.77. The average molecular weight is 394 g/mol. The molecule has 0 nitrogen and oxygen atoms in total. The molecule has 0 saturated carbocycles. The minimum absolute atomic E-state index is 0.115. The van der Waals surface area contributed by atoms with E-state index in [1.807, 2.05) is 0 Å². The fourth-order valence-corrected chi connectivity index (χ4v) is 5.73. The smallest absolute Gasteiger partial charge is 0.167 e. The van der Waals surface area contributed by atoms with E-state index in [0.717, 1.165) is 0 Å². The van der Waals surface area contributed by atoms with Crippen LogP contribution in [0, 0.1) is 0 Å². The van der Waals surface area contributed by atoms with Crippen molar-refractivity contribution in [2.45, 2.75) is 48.8 Å². The standard InChI is InChI=1S/C8H8F12P2/c1-3(21(5(9,10)11)6(12,13)14)4(2)22(7(15,16)17)8(18,19)20/h3-4H,1-2H3. The fourth-order valence-electron chi connectivity index (χ4n) is 1.64. The third-order valence-electron chi connectivity index (χ3n) is 2.61. The molecule has 2 unspecified atom stereocenters. The zero-order valence-electron chi connectivity index (χ0n) is 10.6. The molecule has 0 bridgehead atoms. The Morgan fingerprint density at radius 2 is 0.591 bits per heavy atom. The highest BCUT2D eigenvalue weighted by Crippen LogP contribution is 2.74. The van der Waals surface area contributed by atoms with Crippen molar-refractivity contribution in [1.82, 2.24) is 0 Å². The van der Waals surface area contributed by atoms with Crippen LogP contribution in [-0.4, -0.2) is 35.0 Å². The minimum atomic E-state index is -5.94. The normalized spacial score (nSPS) is 18.0. The van der Waals surface area contributed by atoms with Crippen LogP contribution in [0.3, 0.4) is 0 Å². The fraction of sp³-hybridized carbons (Fsp3) is 1.00. The predicted molar refractivity (Wildman–Crippen MR) is 57.0 cm³/mol. The van der Waals surface area contributed by atoms with Crippen LogP contribution in [-0.2, 0) is 0 Å². The Hall–Kier alpha value is 0.0200. The molecule has 134 valence electrons. The third-order valence-corrected chi connectivity index (χ3v) is 7.55. The molecule has 22 heavy (non-hydrogen) atoms. The lowest BCUT2D eigenvalue weighted by atomic mass is 10.4. The largest absolute Gasteiger partial charge is 0.414 e. The van der Waals surface area contributed by atoms with Crippen molar-refractivity contribution in [3.8, 4) is 0 Å². The van der Waals surface area contributed by atoms with Crippen LogP contribution in [0.2, 0.25) is 0 Å². The molecule has 0 fully saturated rings. The van der Waals surface area contributed by atoms with E-state index >= 15 is 0 Å². The number of alkyl halides is 12. The molecule has 0 aliphatic rings. The summed E-state index contributed by atoms with van der Waals surface area (Å²) >= 11 is 0. The Bertz CT molecular complexity index is 299. The van der Waals surface area contributed by atoms with Gasteiger partial charge in [-0.3, -0.25) is 0 Å². The molecule has 0 aromatic heterocycles. The predicted octanol–water partition coefficient (Wildman–Crippen LogP) is 6.81. The summed E-state index contributed by atoms with van der Waals surface area (Å²) in [5, 5.41) is 0. The van der Waals surface area contributed by atoms with E-state index in [1.165, 1.54) is 0 Å². The summed E-state index contributed by atoms with van der Waals surface area (Å²) in [7, 11) is -10.1. The summed E-state index contributed by atoms with van der Waals surface area (Å²) < 4.78 is 149. The van der Waals surface area contributed by atoms with E-state index in [4.69, 9.17) is 0 Å². The van der Waals surface area contributed by atoms with Crippen molar-refractivity contribution >= 4 is 15.8 Å². The molecular weight excluding hydrogens is 386 g/mol. The Balaban J connectivity index is 5.78. The van der Waals surface area contributed by atoms with Crippen LogP contribution in [0.5, 0.6) is 0 Å². The third kappa shape index (κ3) is 5.58. The average Bonchev–Trinajstić information content (AvgIpc) is 2.06. The molecule has 0 N–H and O–H groups in total. The molecular formula is C8H8F12P2. The van der Waals surface area contributed by atoms with Crippen molar-refractivity contribution in [3.05, 3.63) is 0 Å². The molecule has 0 spiro atoms. The lowest BCUT2D eigenvalue weighted by Crippen LogP contribution is -2.35. The van der Waals surface area contributed by atoms with Gasteiger partial charge in [0.2, 0.25) is 0 Å². The first-order valence-corrected chi connectivity index (χ1v) is 7.99. The Kier molecular flexibility index (Phi) is 6.50. The first-order chi connectivity index (χ1) is 9.31. The molecule has 0 heterocycles. The molecule has 0 saturated heterocycles. The lowest BCUT2D eigenvalue weighted by Gasteiger charge is -2.36. The van der Waals surface area contributed by atoms with E-state index < -0.39 is 50.8 Å². The Morgan fingerprint density at radius 1 is 0.455 bits per heavy atom. The van der Waals surface area contributed by atoms with Crippen LogP contribution >= 0.6 is 15.8 Å². The van der Waals surface area contributed by atoms with Gasteiger partial charge in [-0.2, -0.15) is 52.7 Å². The van der Waals surface area contributed by atoms with Gasteiger partial charge in [-0.05, 0) is 0 Å². The van der Waals surface area contributed by atoms with Gasteiger partial charge < -0.3 is 0 Å². The molecule has 0 aromatic rings. The van der Waals surface area contributed by atoms with E-state index in [2.05, 4.69) is 0 Å². The SMILES string of the molecule is CC(C(C)P(C(F)(F)F)C(F)(F)F)P(C(F)(F)F)C(F)(F)F. The number of halogens is 12. The molecule has 2 atom stereocenters. The summed E-state index contributed by atoms with van der Waals surface area (Å²) in [5.74, 6) is -23.8. The van der Waals surface area contributed by atoms with Crippen molar-refractivity contribution in [3.63, 3.8) is 0 Å². The van der Waals surface area contributed by atoms with Gasteiger partial charge in [-0.25, -0.2) is 0 Å². The Labute approximate surface area is 118 Å². The summed E-state index contributed by atoms with van der Waals surface area (Å²) in [4.78, 5) is 0. The maximum absolute atomic E-state index is 12.4. The van der Waals surface area contributed by atoms with Gasteiger partial charge in [0, 0.05) is 11.3 Å². The summed E-state index contributed by atoms with van der Waals surface area (Å²) in [6.07, 6.45) is 0. The topological polar surface area (TPSA) is 0 Å². The summed E-state index contributed by atoms with van der Waals surface area (Å²) in [6, 6.07) is 0. The van der Waals surface area contributed by atoms with Crippen molar-refractivity contribution in [1.29, 1.82) is 0 Å². The molecule has 0 rings (SSSR count). The summed E-state index contributed by atoms with van der Waals surface area (Å²) in [6.45, 7) is 0.230. The van der Waals surface area contributed by atoms with Crippen molar-refractivity contribution in [2.24, 2.45) is 0 Å². The molecule has 14 heteroatoms. The second-order valence-electron chi connectivity index (χ2n) is 4.09. The highest BCUT2D eigenvalue weighted by atomic mass is 31.1. The second-order valence-corrected chi connectivity index (χ2v) is 9.23. The maximum Gasteiger partial charge on any atom is 0.414 e. The maximum atomic E-state index is 12.4. The first kappa shape index (κ1) is 22.0. The van der Waals surface area contributed by atoms with Crippen LogP contribution in [0.4, 0.5) is 52.7 Å². The van der Waals surface area contributed by atoms with E-state index in [0.29, 0.717) is 0 Å². The van der Waals surface area contributed by atoms with Crippen LogP contribution in [0.25, 0.3) is 0 Å². The van der Waals surface area contributed by atoms with E-state index in [1.54, 1.807) is 0 Å². The van der Waals surface area contributed by atoms with Gasteiger partial charge in [-0.15, -0.1) is 0 Å².